The van der Waals surface area contributed by atoms with E-state index in [9.17, 15) is 9.59 Å². The highest BCUT2D eigenvalue weighted by atomic mass is 16.5. The number of likely N-dealkylation sites (tertiary alicyclic amines) is 1. The maximum absolute atomic E-state index is 12.5. The molecule has 2 aromatic rings. The molecule has 1 saturated heterocycles. The Bertz CT molecular complexity index is 793. The molecule has 2 heterocycles. The molecule has 1 unspecified atom stereocenters. The van der Waals surface area contributed by atoms with E-state index in [-0.39, 0.29) is 11.8 Å². The van der Waals surface area contributed by atoms with Crippen LogP contribution in [0.5, 0.6) is 5.75 Å². The van der Waals surface area contributed by atoms with Crippen LogP contribution in [0.1, 0.15) is 24.0 Å². The minimum atomic E-state index is -0.499. The van der Waals surface area contributed by atoms with Crippen LogP contribution >= 0.6 is 0 Å². The van der Waals surface area contributed by atoms with Gasteiger partial charge in [-0.1, -0.05) is 30.3 Å². The molecule has 0 spiro atoms. The van der Waals surface area contributed by atoms with Gasteiger partial charge in [-0.25, -0.2) is 0 Å². The number of nitrogens with one attached hydrogen (secondary N) is 1. The zero-order valence-corrected chi connectivity index (χ0v) is 13.9. The van der Waals surface area contributed by atoms with Gasteiger partial charge < -0.3 is 15.0 Å². The minimum Gasteiger partial charge on any atom is -0.480 e. The fourth-order valence-electron chi connectivity index (χ4n) is 3.39. The van der Waals surface area contributed by atoms with Crippen molar-refractivity contribution in [1.82, 2.24) is 4.90 Å². The fraction of sp³-hybridized carbons (Fsp3) is 0.300. The summed E-state index contributed by atoms with van der Waals surface area (Å²) in [6, 6.07) is 15.4. The normalized spacial score (nSPS) is 18.8. The van der Waals surface area contributed by atoms with E-state index < -0.39 is 6.10 Å². The molecular weight excluding hydrogens is 316 g/mol. The first-order valence-corrected chi connectivity index (χ1v) is 8.61. The Morgan fingerprint density at radius 1 is 1.20 bits per heavy atom. The van der Waals surface area contributed by atoms with E-state index in [0.717, 1.165) is 35.5 Å². The molecule has 2 amide bonds. The fourth-order valence-corrected chi connectivity index (χ4v) is 3.39. The summed E-state index contributed by atoms with van der Waals surface area (Å²) in [7, 11) is 0. The lowest BCUT2D eigenvalue weighted by Crippen LogP contribution is -2.31. The van der Waals surface area contributed by atoms with Crippen molar-refractivity contribution in [3.05, 3.63) is 59.7 Å². The molecule has 2 aromatic carbocycles. The van der Waals surface area contributed by atoms with Gasteiger partial charge in [-0.2, -0.15) is 0 Å². The van der Waals surface area contributed by atoms with Gasteiger partial charge in [0.05, 0.1) is 0 Å². The Morgan fingerprint density at radius 2 is 2.08 bits per heavy atom. The first kappa shape index (κ1) is 15.7. The topological polar surface area (TPSA) is 58.6 Å². The standard InChI is InChI=1S/C20H20N2O3/c23-19-9-4-10-22(19)13-14-5-3-7-16(11-14)21-20(24)18-12-15-6-1-2-8-17(15)25-18/h1-3,5-8,11,18H,4,9-10,12-13H2,(H,21,24). The van der Waals surface area contributed by atoms with Crippen LogP contribution in [-0.2, 0) is 22.6 Å². The number of hydrogen-bond donors (Lipinski definition) is 1. The van der Waals surface area contributed by atoms with Gasteiger partial charge in [0.1, 0.15) is 5.75 Å². The summed E-state index contributed by atoms with van der Waals surface area (Å²) in [5.74, 6) is 0.834. The second-order valence-corrected chi connectivity index (χ2v) is 6.53. The zero-order chi connectivity index (χ0) is 17.2. The Kier molecular flexibility index (Phi) is 4.14. The van der Waals surface area contributed by atoms with Crippen LogP contribution < -0.4 is 10.1 Å². The molecule has 0 bridgehead atoms. The van der Waals surface area contributed by atoms with E-state index in [1.54, 1.807) is 0 Å². The second kappa shape index (κ2) is 6.59. The lowest BCUT2D eigenvalue weighted by Gasteiger charge is -2.16. The predicted molar refractivity (Wildman–Crippen MR) is 94.3 cm³/mol. The quantitative estimate of drug-likeness (QED) is 0.934. The maximum Gasteiger partial charge on any atom is 0.265 e. The van der Waals surface area contributed by atoms with E-state index in [0.29, 0.717) is 19.4 Å². The van der Waals surface area contributed by atoms with Gasteiger partial charge in [0.2, 0.25) is 5.91 Å². The zero-order valence-electron chi connectivity index (χ0n) is 13.9. The van der Waals surface area contributed by atoms with Crippen molar-refractivity contribution >= 4 is 17.5 Å². The number of carbonyl (C=O) groups excluding carboxylic acids is 2. The monoisotopic (exact) mass is 336 g/mol. The SMILES string of the molecule is O=C(Nc1cccc(CN2CCCC2=O)c1)C1Cc2ccccc2O1. The molecule has 2 aliphatic heterocycles. The molecule has 1 atom stereocenters. The number of rotatable bonds is 4. The summed E-state index contributed by atoms with van der Waals surface area (Å²) in [6.45, 7) is 1.40. The van der Waals surface area contributed by atoms with Crippen LogP contribution in [0, 0.1) is 0 Å². The van der Waals surface area contributed by atoms with Gasteiger partial charge in [-0.05, 0) is 35.7 Å². The van der Waals surface area contributed by atoms with Crippen molar-refractivity contribution < 1.29 is 14.3 Å². The third-order valence-corrected chi connectivity index (χ3v) is 4.68. The van der Waals surface area contributed by atoms with E-state index >= 15 is 0 Å². The average molecular weight is 336 g/mol. The number of fused-ring (bicyclic) bond motifs is 1. The number of nitrogens with zero attached hydrogens (tertiary/aromatic N) is 1. The summed E-state index contributed by atoms with van der Waals surface area (Å²) in [5.41, 5.74) is 2.81. The first-order chi connectivity index (χ1) is 12.2. The lowest BCUT2D eigenvalue weighted by atomic mass is 10.1. The van der Waals surface area contributed by atoms with Crippen molar-refractivity contribution in [3.63, 3.8) is 0 Å². The molecule has 25 heavy (non-hydrogen) atoms. The van der Waals surface area contributed by atoms with Crippen molar-refractivity contribution in [1.29, 1.82) is 0 Å². The van der Waals surface area contributed by atoms with E-state index in [1.807, 2.05) is 53.4 Å². The summed E-state index contributed by atoms with van der Waals surface area (Å²) >= 11 is 0. The molecule has 5 nitrogen and oxygen atoms in total. The van der Waals surface area contributed by atoms with Gasteiger partial charge in [0.25, 0.3) is 5.91 Å². The molecule has 0 aromatic heterocycles. The highest BCUT2D eigenvalue weighted by molar-refractivity contribution is 5.95. The van der Waals surface area contributed by atoms with Gasteiger partial charge >= 0.3 is 0 Å². The van der Waals surface area contributed by atoms with Gasteiger partial charge in [-0.15, -0.1) is 0 Å². The van der Waals surface area contributed by atoms with Crippen LogP contribution in [0.4, 0.5) is 5.69 Å². The number of ether oxygens (including phenoxy) is 1. The highest BCUT2D eigenvalue weighted by Gasteiger charge is 2.28. The number of hydrogen-bond acceptors (Lipinski definition) is 3. The molecular formula is C20H20N2O3. The third-order valence-electron chi connectivity index (χ3n) is 4.68. The van der Waals surface area contributed by atoms with E-state index in [1.165, 1.54) is 0 Å². The molecule has 2 aliphatic rings. The van der Waals surface area contributed by atoms with Crippen molar-refractivity contribution in [2.75, 3.05) is 11.9 Å². The van der Waals surface area contributed by atoms with E-state index in [2.05, 4.69) is 5.32 Å². The van der Waals surface area contributed by atoms with Gasteiger partial charge in [0, 0.05) is 31.6 Å². The van der Waals surface area contributed by atoms with Gasteiger partial charge in [-0.3, -0.25) is 9.59 Å². The summed E-state index contributed by atoms with van der Waals surface area (Å²) in [6.07, 6.45) is 1.65. The summed E-state index contributed by atoms with van der Waals surface area (Å²) in [5, 5.41) is 2.93. The molecule has 5 heteroatoms. The molecule has 0 saturated carbocycles. The molecule has 1 N–H and O–H groups in total. The number of anilines is 1. The molecule has 0 aliphatic carbocycles. The van der Waals surface area contributed by atoms with Crippen molar-refractivity contribution in [2.24, 2.45) is 0 Å². The Hall–Kier alpha value is -2.82. The number of amides is 2. The largest absolute Gasteiger partial charge is 0.480 e. The Morgan fingerprint density at radius 3 is 2.88 bits per heavy atom. The van der Waals surface area contributed by atoms with E-state index in [4.69, 9.17) is 4.74 Å². The summed E-state index contributed by atoms with van der Waals surface area (Å²) in [4.78, 5) is 26.1. The van der Waals surface area contributed by atoms with Crippen molar-refractivity contribution in [2.45, 2.75) is 31.9 Å². The predicted octanol–water partition coefficient (Wildman–Crippen LogP) is 2.75. The number of carbonyl (C=O) groups is 2. The molecule has 0 radical (unpaired) electrons. The van der Waals surface area contributed by atoms with Gasteiger partial charge in [0.15, 0.2) is 6.10 Å². The molecule has 4 rings (SSSR count). The maximum atomic E-state index is 12.5. The summed E-state index contributed by atoms with van der Waals surface area (Å²) < 4.78 is 5.73. The number of para-hydroxylation sites is 1. The minimum absolute atomic E-state index is 0.148. The number of benzene rings is 2. The molecule has 128 valence electrons. The second-order valence-electron chi connectivity index (χ2n) is 6.53. The lowest BCUT2D eigenvalue weighted by molar-refractivity contribution is -0.128. The van der Waals surface area contributed by atoms with Crippen LogP contribution in [0.25, 0.3) is 0 Å². The van der Waals surface area contributed by atoms with Crippen LogP contribution in [0.2, 0.25) is 0 Å². The van der Waals surface area contributed by atoms with Crippen LogP contribution in [0.3, 0.4) is 0 Å². The third kappa shape index (κ3) is 3.36. The van der Waals surface area contributed by atoms with Crippen LogP contribution in [0.15, 0.2) is 48.5 Å². The first-order valence-electron chi connectivity index (χ1n) is 8.61. The van der Waals surface area contributed by atoms with Crippen LogP contribution in [-0.4, -0.2) is 29.4 Å². The Balaban J connectivity index is 1.40. The highest BCUT2D eigenvalue weighted by Crippen LogP contribution is 2.28. The Labute approximate surface area is 146 Å². The van der Waals surface area contributed by atoms with Crippen molar-refractivity contribution in [3.8, 4) is 5.75 Å². The average Bonchev–Trinajstić information content (AvgIpc) is 3.22. The molecule has 1 fully saturated rings. The smallest absolute Gasteiger partial charge is 0.265 e.